The monoisotopic (exact) mass is 276 g/mol. The molecule has 1 saturated heterocycles. The number of nitro groups is 1. The third kappa shape index (κ3) is 2.09. The molecular formula is C13H16N4O3. The average molecular weight is 276 g/mol. The summed E-state index contributed by atoms with van der Waals surface area (Å²) in [6, 6.07) is 5.37. The molecule has 1 fully saturated rings. The maximum absolute atomic E-state index is 11.4. The molecule has 7 heteroatoms. The molecule has 2 aromatic heterocycles. The fraction of sp³-hybridized carbons (Fsp3) is 0.462. The van der Waals surface area contributed by atoms with Crippen molar-refractivity contribution in [1.82, 2.24) is 9.38 Å². The minimum Gasteiger partial charge on any atom is -0.381 e. The topological polar surface area (TPSA) is 72.9 Å². The molecule has 106 valence electrons. The number of rotatable bonds is 3. The van der Waals surface area contributed by atoms with Crippen LogP contribution in [0.1, 0.15) is 12.8 Å². The molecule has 20 heavy (non-hydrogen) atoms. The molecule has 0 N–H and O–H groups in total. The minimum absolute atomic E-state index is 0.0384. The molecule has 0 aliphatic carbocycles. The molecule has 1 aliphatic heterocycles. The van der Waals surface area contributed by atoms with Gasteiger partial charge < -0.3 is 19.8 Å². The molecule has 0 radical (unpaired) electrons. The number of fused-ring (bicyclic) bond motifs is 1. The molecule has 0 unspecified atom stereocenters. The van der Waals surface area contributed by atoms with E-state index in [0.717, 1.165) is 25.9 Å². The van der Waals surface area contributed by atoms with Gasteiger partial charge in [0.2, 0.25) is 11.5 Å². The van der Waals surface area contributed by atoms with Gasteiger partial charge in [0.05, 0.1) is 12.3 Å². The van der Waals surface area contributed by atoms with E-state index in [9.17, 15) is 10.1 Å². The van der Waals surface area contributed by atoms with Gasteiger partial charge in [-0.25, -0.2) is 0 Å². The molecule has 0 atom stereocenters. The molecule has 0 spiro atoms. The Kier molecular flexibility index (Phi) is 3.27. The molecule has 3 heterocycles. The van der Waals surface area contributed by atoms with E-state index in [2.05, 4.69) is 4.98 Å². The first kappa shape index (κ1) is 12.9. The minimum atomic E-state index is -0.363. The van der Waals surface area contributed by atoms with Crippen LogP contribution in [0.5, 0.6) is 0 Å². The van der Waals surface area contributed by atoms with Crippen molar-refractivity contribution in [1.29, 1.82) is 0 Å². The first-order valence-electron chi connectivity index (χ1n) is 6.60. The van der Waals surface area contributed by atoms with Gasteiger partial charge in [0.25, 0.3) is 0 Å². The van der Waals surface area contributed by atoms with E-state index < -0.39 is 0 Å². The Morgan fingerprint density at radius 2 is 2.15 bits per heavy atom. The maximum Gasteiger partial charge on any atom is 0.372 e. The fourth-order valence-electron chi connectivity index (χ4n) is 2.66. The summed E-state index contributed by atoms with van der Waals surface area (Å²) in [5.41, 5.74) is 0.600. The van der Waals surface area contributed by atoms with Crippen LogP contribution in [0.2, 0.25) is 0 Å². The summed E-state index contributed by atoms with van der Waals surface area (Å²) in [7, 11) is 1.70. The van der Waals surface area contributed by atoms with Gasteiger partial charge in [-0.15, -0.1) is 0 Å². The van der Waals surface area contributed by atoms with Crippen molar-refractivity contribution >= 4 is 17.3 Å². The first-order valence-corrected chi connectivity index (χ1v) is 6.60. The molecule has 0 aromatic carbocycles. The second-order valence-corrected chi connectivity index (χ2v) is 4.87. The first-order chi connectivity index (χ1) is 9.70. The molecular weight excluding hydrogens is 260 g/mol. The van der Waals surface area contributed by atoms with Crippen LogP contribution in [0, 0.1) is 10.1 Å². The largest absolute Gasteiger partial charge is 0.381 e. The standard InChI is InChI=1S/C13H16N4O3/c1-20-10-5-8-15(9-6-10)12-13(17(18)19)16-7-3-2-4-11(16)14-12/h2-4,7,10H,5-6,8-9H2,1H3. The van der Waals surface area contributed by atoms with E-state index in [1.165, 1.54) is 4.40 Å². The van der Waals surface area contributed by atoms with Crippen molar-refractivity contribution in [2.24, 2.45) is 0 Å². The van der Waals surface area contributed by atoms with Gasteiger partial charge >= 0.3 is 5.82 Å². The number of ether oxygens (including phenoxy) is 1. The number of hydrogen-bond acceptors (Lipinski definition) is 5. The SMILES string of the molecule is COC1CCN(c2nc3ccccn3c2[N+](=O)[O-])CC1. The van der Waals surface area contributed by atoms with Crippen LogP contribution in [0.3, 0.4) is 0 Å². The molecule has 0 bridgehead atoms. The van der Waals surface area contributed by atoms with E-state index in [0.29, 0.717) is 11.5 Å². The van der Waals surface area contributed by atoms with Gasteiger partial charge in [0, 0.05) is 26.3 Å². The number of aromatic nitrogens is 2. The highest BCUT2D eigenvalue weighted by molar-refractivity contribution is 5.63. The predicted molar refractivity (Wildman–Crippen MR) is 74.1 cm³/mol. The van der Waals surface area contributed by atoms with Crippen LogP contribution in [0.4, 0.5) is 11.6 Å². The van der Waals surface area contributed by atoms with Gasteiger partial charge in [0.1, 0.15) is 0 Å². The zero-order valence-corrected chi connectivity index (χ0v) is 11.2. The molecule has 3 rings (SSSR count). The van der Waals surface area contributed by atoms with E-state index >= 15 is 0 Å². The maximum atomic E-state index is 11.4. The summed E-state index contributed by atoms with van der Waals surface area (Å²) >= 11 is 0. The fourth-order valence-corrected chi connectivity index (χ4v) is 2.66. The third-order valence-corrected chi connectivity index (χ3v) is 3.73. The predicted octanol–water partition coefficient (Wildman–Crippen LogP) is 1.86. The number of pyridine rings is 1. The van der Waals surface area contributed by atoms with E-state index in [-0.39, 0.29) is 16.8 Å². The summed E-state index contributed by atoms with van der Waals surface area (Å²) in [5.74, 6) is 0.493. The highest BCUT2D eigenvalue weighted by Crippen LogP contribution is 2.30. The second kappa shape index (κ2) is 5.09. The quantitative estimate of drug-likeness (QED) is 0.632. The lowest BCUT2D eigenvalue weighted by molar-refractivity contribution is -0.389. The lowest BCUT2D eigenvalue weighted by Gasteiger charge is -2.30. The average Bonchev–Trinajstić information content (AvgIpc) is 2.86. The number of piperidine rings is 1. The van der Waals surface area contributed by atoms with Crippen molar-refractivity contribution in [3.8, 4) is 0 Å². The molecule has 2 aromatic rings. The van der Waals surface area contributed by atoms with Crippen molar-refractivity contribution < 1.29 is 9.66 Å². The van der Waals surface area contributed by atoms with Crippen LogP contribution < -0.4 is 4.90 Å². The van der Waals surface area contributed by atoms with Crippen LogP contribution >= 0.6 is 0 Å². The van der Waals surface area contributed by atoms with Crippen molar-refractivity contribution in [2.45, 2.75) is 18.9 Å². The van der Waals surface area contributed by atoms with E-state index in [1.54, 1.807) is 25.4 Å². The number of anilines is 1. The van der Waals surface area contributed by atoms with Crippen LogP contribution in [0.25, 0.3) is 5.65 Å². The summed E-state index contributed by atoms with van der Waals surface area (Å²) in [6.45, 7) is 1.45. The smallest absolute Gasteiger partial charge is 0.372 e. The van der Waals surface area contributed by atoms with Crippen LogP contribution in [-0.4, -0.2) is 40.6 Å². The third-order valence-electron chi connectivity index (χ3n) is 3.73. The van der Waals surface area contributed by atoms with Crippen LogP contribution in [-0.2, 0) is 4.74 Å². The number of nitrogens with zero attached hydrogens (tertiary/aromatic N) is 4. The molecule has 0 saturated carbocycles. The highest BCUT2D eigenvalue weighted by atomic mass is 16.6. The van der Waals surface area contributed by atoms with Crippen molar-refractivity contribution in [2.75, 3.05) is 25.1 Å². The number of imidazole rings is 1. The Hall–Kier alpha value is -2.15. The van der Waals surface area contributed by atoms with Gasteiger partial charge in [0.15, 0.2) is 0 Å². The summed E-state index contributed by atoms with van der Waals surface area (Å²) in [4.78, 5) is 17.4. The second-order valence-electron chi connectivity index (χ2n) is 4.87. The van der Waals surface area contributed by atoms with Gasteiger partial charge in [-0.3, -0.25) is 0 Å². The van der Waals surface area contributed by atoms with Crippen molar-refractivity contribution in [3.63, 3.8) is 0 Å². The van der Waals surface area contributed by atoms with Crippen molar-refractivity contribution in [3.05, 3.63) is 34.5 Å². The zero-order chi connectivity index (χ0) is 14.1. The highest BCUT2D eigenvalue weighted by Gasteiger charge is 2.29. The normalized spacial score (nSPS) is 16.8. The summed E-state index contributed by atoms with van der Waals surface area (Å²) in [6.07, 6.45) is 3.64. The van der Waals surface area contributed by atoms with E-state index in [1.807, 2.05) is 11.0 Å². The number of hydrogen-bond donors (Lipinski definition) is 0. The van der Waals surface area contributed by atoms with Gasteiger partial charge in [-0.2, -0.15) is 9.38 Å². The summed E-state index contributed by atoms with van der Waals surface area (Å²) in [5, 5.41) is 11.4. The lowest BCUT2D eigenvalue weighted by atomic mass is 10.1. The Morgan fingerprint density at radius 1 is 1.40 bits per heavy atom. The van der Waals surface area contributed by atoms with E-state index in [4.69, 9.17) is 4.74 Å². The Labute approximate surface area is 115 Å². The molecule has 1 aliphatic rings. The summed E-state index contributed by atoms with van der Waals surface area (Å²) < 4.78 is 6.85. The Balaban J connectivity index is 1.99. The van der Waals surface area contributed by atoms with Gasteiger partial charge in [-0.1, -0.05) is 6.07 Å². The Bertz CT molecular complexity index is 632. The zero-order valence-electron chi connectivity index (χ0n) is 11.2. The van der Waals surface area contributed by atoms with Crippen LogP contribution in [0.15, 0.2) is 24.4 Å². The molecule has 7 nitrogen and oxygen atoms in total. The lowest BCUT2D eigenvalue weighted by Crippen LogP contribution is -2.37. The van der Waals surface area contributed by atoms with Gasteiger partial charge in [-0.05, 0) is 23.8 Å². The number of methoxy groups -OCH3 is 1. The Morgan fingerprint density at radius 3 is 2.80 bits per heavy atom. The molecule has 0 amide bonds.